The first kappa shape index (κ1) is 11.1. The Morgan fingerprint density at radius 3 is 2.65 bits per heavy atom. The van der Waals surface area contributed by atoms with Gasteiger partial charge in [-0.15, -0.1) is 0 Å². The molecule has 0 spiro atoms. The largest absolute Gasteiger partial charge is 0.478 e. The van der Waals surface area contributed by atoms with Crippen molar-refractivity contribution in [2.24, 2.45) is 5.16 Å². The van der Waals surface area contributed by atoms with E-state index in [1.807, 2.05) is 30.3 Å². The van der Waals surface area contributed by atoms with Gasteiger partial charge in [-0.3, -0.25) is 0 Å². The van der Waals surface area contributed by atoms with E-state index in [1.165, 1.54) is 11.8 Å². The molecular formula is C11H12N4O2. The zero-order valence-corrected chi connectivity index (χ0v) is 9.53. The zero-order valence-electron chi connectivity index (χ0n) is 9.53. The van der Waals surface area contributed by atoms with Crippen molar-refractivity contribution in [2.75, 3.05) is 7.11 Å². The topological polar surface area (TPSA) is 72.5 Å². The Morgan fingerprint density at radius 1 is 1.35 bits per heavy atom. The maximum Gasteiger partial charge on any atom is 0.261 e. The lowest BCUT2D eigenvalue weighted by Crippen LogP contribution is -2.11. The molecule has 0 fully saturated rings. The van der Waals surface area contributed by atoms with Crippen LogP contribution in [0.3, 0.4) is 0 Å². The molecule has 0 atom stereocenters. The summed E-state index contributed by atoms with van der Waals surface area (Å²) in [6, 6.07) is 9.52. The molecule has 0 radical (unpaired) electrons. The molecule has 0 aliphatic carbocycles. The van der Waals surface area contributed by atoms with Crippen molar-refractivity contribution in [1.29, 1.82) is 0 Å². The molecule has 6 nitrogen and oxygen atoms in total. The smallest absolute Gasteiger partial charge is 0.261 e. The molecule has 0 aliphatic heterocycles. The number of benzene rings is 1. The second-order valence-electron chi connectivity index (χ2n) is 3.37. The van der Waals surface area contributed by atoms with Gasteiger partial charge in [0, 0.05) is 5.56 Å². The number of nitrogens with zero attached hydrogens (tertiary/aromatic N) is 4. The van der Waals surface area contributed by atoms with Crippen LogP contribution in [-0.2, 0) is 0 Å². The van der Waals surface area contributed by atoms with E-state index in [4.69, 9.17) is 9.94 Å². The third-order valence-electron chi connectivity index (χ3n) is 2.33. The molecule has 0 saturated heterocycles. The lowest BCUT2D eigenvalue weighted by atomic mass is 10.1. The Kier molecular flexibility index (Phi) is 3.04. The summed E-state index contributed by atoms with van der Waals surface area (Å²) in [5, 5.41) is 19.7. The van der Waals surface area contributed by atoms with Crippen LogP contribution in [0.15, 0.2) is 35.5 Å². The Bertz CT molecular complexity index is 534. The number of hydrogen-bond acceptors (Lipinski definition) is 5. The molecule has 1 heterocycles. The van der Waals surface area contributed by atoms with E-state index in [2.05, 4.69) is 15.5 Å². The van der Waals surface area contributed by atoms with E-state index < -0.39 is 0 Å². The number of ether oxygens (including phenoxy) is 1. The second-order valence-corrected chi connectivity index (χ2v) is 3.37. The van der Waals surface area contributed by atoms with E-state index in [0.29, 0.717) is 17.4 Å². The molecule has 0 unspecified atom stereocenters. The molecule has 6 heteroatoms. The van der Waals surface area contributed by atoms with Gasteiger partial charge < -0.3 is 9.94 Å². The van der Waals surface area contributed by atoms with Gasteiger partial charge in [0.2, 0.25) is 0 Å². The standard InChI is InChI=1S/C11H12N4O2/c1-8(13-16)15-10(11(17-2)12-14-15)9-6-4-3-5-7-9/h3-7,16H,1-2H3. The molecule has 17 heavy (non-hydrogen) atoms. The van der Waals surface area contributed by atoms with E-state index in [1.54, 1.807) is 6.92 Å². The van der Waals surface area contributed by atoms with Gasteiger partial charge in [-0.2, -0.15) is 4.68 Å². The fraction of sp³-hybridized carbons (Fsp3) is 0.182. The van der Waals surface area contributed by atoms with E-state index >= 15 is 0 Å². The maximum atomic E-state index is 8.80. The molecule has 1 aromatic heterocycles. The van der Waals surface area contributed by atoms with Gasteiger partial charge in [0.1, 0.15) is 5.69 Å². The van der Waals surface area contributed by atoms with Gasteiger partial charge in [-0.1, -0.05) is 45.8 Å². The van der Waals surface area contributed by atoms with Crippen LogP contribution in [0.4, 0.5) is 0 Å². The third kappa shape index (κ3) is 1.96. The Hall–Kier alpha value is -2.37. The molecule has 0 saturated carbocycles. The first-order valence-electron chi connectivity index (χ1n) is 5.02. The minimum Gasteiger partial charge on any atom is -0.478 e. The zero-order chi connectivity index (χ0) is 12.3. The number of oxime groups is 1. The fourth-order valence-electron chi connectivity index (χ4n) is 1.52. The first-order valence-corrected chi connectivity index (χ1v) is 5.02. The van der Waals surface area contributed by atoms with Crippen molar-refractivity contribution in [3.05, 3.63) is 30.3 Å². The molecule has 0 aliphatic rings. The van der Waals surface area contributed by atoms with Crippen LogP contribution in [0.2, 0.25) is 0 Å². The van der Waals surface area contributed by atoms with Gasteiger partial charge in [0.05, 0.1) is 7.11 Å². The number of hydrogen-bond donors (Lipinski definition) is 1. The van der Waals surface area contributed by atoms with Gasteiger partial charge in [-0.25, -0.2) is 0 Å². The number of rotatable bonds is 2. The summed E-state index contributed by atoms with van der Waals surface area (Å²) in [4.78, 5) is 0. The minimum atomic E-state index is 0.319. The van der Waals surface area contributed by atoms with Crippen molar-refractivity contribution in [1.82, 2.24) is 15.0 Å². The van der Waals surface area contributed by atoms with Gasteiger partial charge >= 0.3 is 0 Å². The Balaban J connectivity index is 2.62. The third-order valence-corrected chi connectivity index (χ3v) is 2.33. The second kappa shape index (κ2) is 4.65. The summed E-state index contributed by atoms with van der Waals surface area (Å²) >= 11 is 0. The molecule has 2 aromatic rings. The molecule has 88 valence electrons. The van der Waals surface area contributed by atoms with Crippen LogP contribution < -0.4 is 4.74 Å². The highest BCUT2D eigenvalue weighted by Gasteiger charge is 2.17. The molecule has 1 N–H and O–H groups in total. The first-order chi connectivity index (χ1) is 8.27. The summed E-state index contributed by atoms with van der Waals surface area (Å²) in [7, 11) is 1.52. The van der Waals surface area contributed by atoms with Crippen molar-refractivity contribution < 1.29 is 9.94 Å². The van der Waals surface area contributed by atoms with Crippen LogP contribution >= 0.6 is 0 Å². The molecular weight excluding hydrogens is 220 g/mol. The van der Waals surface area contributed by atoms with Gasteiger partial charge in [-0.05, 0) is 6.92 Å². The summed E-state index contributed by atoms with van der Waals surface area (Å²) in [5.74, 6) is 0.707. The van der Waals surface area contributed by atoms with Crippen molar-refractivity contribution in [3.63, 3.8) is 0 Å². The molecule has 0 bridgehead atoms. The SMILES string of the molecule is COc1nnn(C(C)=NO)c1-c1ccccc1. The predicted molar refractivity (Wildman–Crippen MR) is 62.3 cm³/mol. The van der Waals surface area contributed by atoms with Crippen LogP contribution in [0, 0.1) is 0 Å². The lowest BCUT2D eigenvalue weighted by molar-refractivity contribution is 0.316. The van der Waals surface area contributed by atoms with Crippen LogP contribution in [0.5, 0.6) is 5.88 Å². The summed E-state index contributed by atoms with van der Waals surface area (Å²) in [6.07, 6.45) is 0. The number of methoxy groups -OCH3 is 1. The summed E-state index contributed by atoms with van der Waals surface area (Å²) in [5.41, 5.74) is 1.54. The van der Waals surface area contributed by atoms with Crippen LogP contribution in [0.25, 0.3) is 11.3 Å². The average Bonchev–Trinajstić information content (AvgIpc) is 2.82. The average molecular weight is 232 g/mol. The van der Waals surface area contributed by atoms with E-state index in [9.17, 15) is 0 Å². The van der Waals surface area contributed by atoms with E-state index in [0.717, 1.165) is 5.56 Å². The predicted octanol–water partition coefficient (Wildman–Crippen LogP) is 1.61. The fourth-order valence-corrected chi connectivity index (χ4v) is 1.52. The van der Waals surface area contributed by atoms with Crippen LogP contribution in [0.1, 0.15) is 6.92 Å². The molecule has 2 rings (SSSR count). The summed E-state index contributed by atoms with van der Waals surface area (Å²) in [6.45, 7) is 1.63. The highest BCUT2D eigenvalue weighted by molar-refractivity contribution is 5.86. The van der Waals surface area contributed by atoms with E-state index in [-0.39, 0.29) is 0 Å². The quantitative estimate of drug-likeness (QED) is 0.369. The summed E-state index contributed by atoms with van der Waals surface area (Å²) < 4.78 is 6.57. The Morgan fingerprint density at radius 2 is 2.06 bits per heavy atom. The minimum absolute atomic E-state index is 0.319. The molecule has 0 amide bonds. The van der Waals surface area contributed by atoms with Crippen molar-refractivity contribution in [2.45, 2.75) is 6.92 Å². The number of aromatic nitrogens is 3. The maximum absolute atomic E-state index is 8.80. The van der Waals surface area contributed by atoms with Gasteiger partial charge in [0.25, 0.3) is 5.88 Å². The highest BCUT2D eigenvalue weighted by Crippen LogP contribution is 2.27. The highest BCUT2D eigenvalue weighted by atomic mass is 16.5. The van der Waals surface area contributed by atoms with Gasteiger partial charge in [0.15, 0.2) is 5.84 Å². The Labute approximate surface area is 98.1 Å². The monoisotopic (exact) mass is 232 g/mol. The van der Waals surface area contributed by atoms with Crippen molar-refractivity contribution in [3.8, 4) is 17.1 Å². The van der Waals surface area contributed by atoms with Crippen molar-refractivity contribution >= 4 is 5.84 Å². The normalized spacial score (nSPS) is 11.5. The molecule has 1 aromatic carbocycles. The van der Waals surface area contributed by atoms with Crippen LogP contribution in [-0.4, -0.2) is 33.1 Å². The lowest BCUT2D eigenvalue weighted by Gasteiger charge is -2.05.